The number of sulfone groups is 1. The summed E-state index contributed by atoms with van der Waals surface area (Å²) in [6.07, 6.45) is 0.930. The average Bonchev–Trinajstić information content (AvgIpc) is 2.77. The van der Waals surface area contributed by atoms with Crippen LogP contribution in [0.5, 0.6) is 5.75 Å². The number of rotatable bonds is 10. The van der Waals surface area contributed by atoms with Crippen molar-refractivity contribution in [2.24, 2.45) is 0 Å². The Labute approximate surface area is 192 Å². The van der Waals surface area contributed by atoms with Crippen LogP contribution in [-0.4, -0.2) is 53.1 Å². The van der Waals surface area contributed by atoms with Gasteiger partial charge in [0.2, 0.25) is 0 Å². The summed E-state index contributed by atoms with van der Waals surface area (Å²) in [4.78, 5) is 11.7. The van der Waals surface area contributed by atoms with Crippen molar-refractivity contribution < 1.29 is 31.5 Å². The lowest BCUT2D eigenvalue weighted by atomic mass is 10.1. The molecule has 176 valence electrons. The van der Waals surface area contributed by atoms with E-state index < -0.39 is 31.9 Å². The van der Waals surface area contributed by atoms with Crippen LogP contribution in [0.2, 0.25) is 0 Å². The normalized spacial score (nSPS) is 12.8. The Kier molecular flexibility index (Phi) is 7.13. The number of anilines is 2. The fourth-order valence-electron chi connectivity index (χ4n) is 3.25. The predicted octanol–water partition coefficient (Wildman–Crippen LogP) is 2.95. The molecular weight excluding hydrogens is 468 g/mol. The maximum absolute atomic E-state index is 12.9. The zero-order chi connectivity index (χ0) is 24.2. The van der Waals surface area contributed by atoms with Gasteiger partial charge in [-0.3, -0.25) is 4.72 Å². The van der Waals surface area contributed by atoms with Gasteiger partial charge in [-0.15, -0.1) is 0 Å². The van der Waals surface area contributed by atoms with Gasteiger partial charge < -0.3 is 15.2 Å². The van der Waals surface area contributed by atoms with Crippen molar-refractivity contribution in [2.75, 3.05) is 29.2 Å². The molecule has 0 saturated carbocycles. The predicted molar refractivity (Wildman–Crippen MR) is 127 cm³/mol. The van der Waals surface area contributed by atoms with Crippen molar-refractivity contribution in [3.8, 4) is 5.75 Å². The van der Waals surface area contributed by atoms with Gasteiger partial charge in [0.25, 0.3) is 10.0 Å². The molecule has 0 spiro atoms. The molecule has 3 aromatic carbocycles. The number of benzene rings is 3. The second-order valence-electron chi connectivity index (χ2n) is 7.44. The van der Waals surface area contributed by atoms with Gasteiger partial charge in [-0.05, 0) is 42.8 Å². The molecule has 11 heteroatoms. The molecule has 0 amide bonds. The minimum atomic E-state index is -3.89. The standard InChI is InChI=1S/C22H24N2O7S2/c1-31-15-7-9-16(10-8-15)33(29,30)24-20-12-11-19(17-5-3-4-6-18(17)20)23-21(22(25)26)13-14-32(2,27)28/h3-12,21,23-24H,13-14H2,1-2H3,(H,25,26)/t21-/m0/s1. The highest BCUT2D eigenvalue weighted by Crippen LogP contribution is 2.32. The summed E-state index contributed by atoms with van der Waals surface area (Å²) in [5.41, 5.74) is 0.758. The van der Waals surface area contributed by atoms with Gasteiger partial charge in [0.15, 0.2) is 0 Å². The van der Waals surface area contributed by atoms with Crippen LogP contribution in [0.1, 0.15) is 6.42 Å². The number of sulfonamides is 1. The molecule has 0 unspecified atom stereocenters. The van der Waals surface area contributed by atoms with Crippen molar-refractivity contribution in [1.82, 2.24) is 0 Å². The van der Waals surface area contributed by atoms with Gasteiger partial charge in [-0.2, -0.15) is 0 Å². The van der Waals surface area contributed by atoms with E-state index in [4.69, 9.17) is 4.74 Å². The van der Waals surface area contributed by atoms with E-state index in [-0.39, 0.29) is 17.1 Å². The number of aliphatic carboxylic acids is 1. The monoisotopic (exact) mass is 492 g/mol. The van der Waals surface area contributed by atoms with Crippen LogP contribution < -0.4 is 14.8 Å². The molecule has 3 rings (SSSR count). The molecule has 0 aliphatic heterocycles. The van der Waals surface area contributed by atoms with Crippen molar-refractivity contribution in [1.29, 1.82) is 0 Å². The lowest BCUT2D eigenvalue weighted by Gasteiger charge is -2.19. The number of hydrogen-bond donors (Lipinski definition) is 3. The van der Waals surface area contributed by atoms with Gasteiger partial charge in [-0.1, -0.05) is 24.3 Å². The molecule has 0 heterocycles. The van der Waals surface area contributed by atoms with E-state index in [1.165, 1.54) is 25.3 Å². The van der Waals surface area contributed by atoms with Gasteiger partial charge >= 0.3 is 5.97 Å². The molecular formula is C22H24N2O7S2. The van der Waals surface area contributed by atoms with Crippen LogP contribution in [0.25, 0.3) is 10.8 Å². The maximum Gasteiger partial charge on any atom is 0.326 e. The summed E-state index contributed by atoms with van der Waals surface area (Å²) in [5.74, 6) is -0.944. The molecule has 33 heavy (non-hydrogen) atoms. The Bertz CT molecular complexity index is 1370. The molecule has 0 bridgehead atoms. The van der Waals surface area contributed by atoms with E-state index in [1.54, 1.807) is 42.5 Å². The third-order valence-electron chi connectivity index (χ3n) is 4.94. The van der Waals surface area contributed by atoms with Crippen molar-refractivity contribution in [2.45, 2.75) is 17.4 Å². The summed E-state index contributed by atoms with van der Waals surface area (Å²) >= 11 is 0. The average molecular weight is 493 g/mol. The Morgan fingerprint density at radius 2 is 1.52 bits per heavy atom. The highest BCUT2D eigenvalue weighted by molar-refractivity contribution is 7.92. The van der Waals surface area contributed by atoms with E-state index in [9.17, 15) is 26.7 Å². The van der Waals surface area contributed by atoms with Gasteiger partial charge in [-0.25, -0.2) is 21.6 Å². The van der Waals surface area contributed by atoms with Crippen LogP contribution >= 0.6 is 0 Å². The lowest BCUT2D eigenvalue weighted by Crippen LogP contribution is -2.31. The van der Waals surface area contributed by atoms with Crippen molar-refractivity contribution >= 4 is 48.0 Å². The van der Waals surface area contributed by atoms with Crippen molar-refractivity contribution in [3.63, 3.8) is 0 Å². The Balaban J connectivity index is 1.93. The van der Waals surface area contributed by atoms with E-state index in [0.29, 0.717) is 27.9 Å². The van der Waals surface area contributed by atoms with E-state index in [0.717, 1.165) is 6.26 Å². The largest absolute Gasteiger partial charge is 0.497 e. The van der Waals surface area contributed by atoms with Gasteiger partial charge in [0.05, 0.1) is 23.4 Å². The van der Waals surface area contributed by atoms with Crippen LogP contribution in [0.3, 0.4) is 0 Å². The van der Waals surface area contributed by atoms with Crippen LogP contribution in [0.4, 0.5) is 11.4 Å². The smallest absolute Gasteiger partial charge is 0.326 e. The number of nitrogens with one attached hydrogen (secondary N) is 2. The molecule has 0 aliphatic rings. The number of carboxylic acid groups (broad SMARTS) is 1. The molecule has 3 aromatic rings. The molecule has 9 nitrogen and oxygen atoms in total. The zero-order valence-electron chi connectivity index (χ0n) is 18.0. The summed E-state index contributed by atoms with van der Waals surface area (Å²) in [7, 11) is -5.74. The van der Waals surface area contributed by atoms with E-state index in [2.05, 4.69) is 10.0 Å². The van der Waals surface area contributed by atoms with Crippen LogP contribution in [0, 0.1) is 0 Å². The first-order valence-corrected chi connectivity index (χ1v) is 13.4. The fraction of sp³-hybridized carbons (Fsp3) is 0.227. The number of carbonyl (C=O) groups is 1. The van der Waals surface area contributed by atoms with E-state index in [1.807, 2.05) is 0 Å². The number of ether oxygens (including phenoxy) is 1. The molecule has 0 saturated heterocycles. The number of hydrogen-bond acceptors (Lipinski definition) is 7. The van der Waals surface area contributed by atoms with Crippen LogP contribution in [0.15, 0.2) is 65.6 Å². The molecule has 0 fully saturated rings. The highest BCUT2D eigenvalue weighted by Gasteiger charge is 2.21. The SMILES string of the molecule is COc1ccc(S(=O)(=O)Nc2ccc(N[C@@H](CCS(C)(=O)=O)C(=O)O)c3ccccc23)cc1. The summed E-state index contributed by atoms with van der Waals surface area (Å²) in [6.45, 7) is 0. The number of methoxy groups -OCH3 is 1. The zero-order valence-corrected chi connectivity index (χ0v) is 19.6. The highest BCUT2D eigenvalue weighted by atomic mass is 32.2. The molecule has 0 radical (unpaired) electrons. The third kappa shape index (κ3) is 6.14. The maximum atomic E-state index is 12.9. The second kappa shape index (κ2) is 9.67. The van der Waals surface area contributed by atoms with Gasteiger partial charge in [0.1, 0.15) is 21.6 Å². The first-order valence-electron chi connectivity index (χ1n) is 9.86. The Hall–Kier alpha value is -3.31. The van der Waals surface area contributed by atoms with E-state index >= 15 is 0 Å². The quantitative estimate of drug-likeness (QED) is 0.393. The minimum absolute atomic E-state index is 0.0568. The Morgan fingerprint density at radius 3 is 2.06 bits per heavy atom. The third-order valence-corrected chi connectivity index (χ3v) is 7.30. The summed E-state index contributed by atoms with van der Waals surface area (Å²) in [5, 5.41) is 13.5. The topological polar surface area (TPSA) is 139 Å². The Morgan fingerprint density at radius 1 is 0.939 bits per heavy atom. The number of carboxylic acids is 1. The van der Waals surface area contributed by atoms with Crippen LogP contribution in [-0.2, 0) is 24.7 Å². The molecule has 3 N–H and O–H groups in total. The summed E-state index contributed by atoms with van der Waals surface area (Å²) < 4.78 is 56.3. The first kappa shape index (κ1) is 24.3. The fourth-order valence-corrected chi connectivity index (χ4v) is 4.99. The number of fused-ring (bicyclic) bond motifs is 1. The molecule has 1 atom stereocenters. The second-order valence-corrected chi connectivity index (χ2v) is 11.4. The first-order chi connectivity index (χ1) is 15.5. The molecule has 0 aromatic heterocycles. The molecule has 0 aliphatic carbocycles. The van der Waals surface area contributed by atoms with Gasteiger partial charge in [0, 0.05) is 22.7 Å². The minimum Gasteiger partial charge on any atom is -0.497 e. The van der Waals surface area contributed by atoms with Crippen molar-refractivity contribution in [3.05, 3.63) is 60.7 Å². The summed E-state index contributed by atoms with van der Waals surface area (Å²) in [6, 6.07) is 14.8. The lowest BCUT2D eigenvalue weighted by molar-refractivity contribution is -0.137.